The van der Waals surface area contributed by atoms with E-state index in [1.54, 1.807) is 19.9 Å². The highest BCUT2D eigenvalue weighted by Crippen LogP contribution is 2.36. The lowest BCUT2D eigenvalue weighted by molar-refractivity contribution is -0.154. The Balaban J connectivity index is 2.26. The van der Waals surface area contributed by atoms with E-state index >= 15 is 0 Å². The summed E-state index contributed by atoms with van der Waals surface area (Å²) in [5.74, 6) is -0.363. The van der Waals surface area contributed by atoms with Gasteiger partial charge in [-0.05, 0) is 64.8 Å². The molecule has 0 radical (unpaired) electrons. The first kappa shape index (κ1) is 21.8. The number of esters is 1. The molecule has 7 heteroatoms. The van der Waals surface area contributed by atoms with Crippen molar-refractivity contribution >= 4 is 5.97 Å². The fraction of sp³-hybridized carbons (Fsp3) is 0.476. The predicted octanol–water partition coefficient (Wildman–Crippen LogP) is 3.65. The van der Waals surface area contributed by atoms with Gasteiger partial charge in [0.15, 0.2) is 0 Å². The first-order chi connectivity index (χ1) is 12.8. The zero-order valence-electron chi connectivity index (χ0n) is 16.6. The minimum Gasteiger partial charge on any atom is -0.508 e. The van der Waals surface area contributed by atoms with Gasteiger partial charge in [-0.2, -0.15) is 0 Å². The molecule has 0 saturated heterocycles. The highest BCUT2D eigenvalue weighted by Gasteiger charge is 2.26. The molecule has 1 unspecified atom stereocenters. The van der Waals surface area contributed by atoms with Crippen LogP contribution < -0.4 is 0 Å². The van der Waals surface area contributed by atoms with Gasteiger partial charge in [0, 0.05) is 5.56 Å². The molecule has 0 aliphatic rings. The Bertz CT molecular complexity index is 809. The van der Waals surface area contributed by atoms with E-state index in [4.69, 9.17) is 9.15 Å². The van der Waals surface area contributed by atoms with Crippen molar-refractivity contribution in [2.45, 2.75) is 64.3 Å². The molecule has 154 valence electrons. The van der Waals surface area contributed by atoms with Crippen molar-refractivity contribution in [3.05, 3.63) is 36.1 Å². The molecule has 28 heavy (non-hydrogen) atoms. The van der Waals surface area contributed by atoms with E-state index in [1.807, 2.05) is 0 Å². The summed E-state index contributed by atoms with van der Waals surface area (Å²) in [5, 5.41) is 39.5. The number of aromatic hydroxyl groups is 2. The molecule has 2 rings (SSSR count). The number of rotatable bonds is 8. The minimum atomic E-state index is -1.20. The van der Waals surface area contributed by atoms with Crippen LogP contribution >= 0.6 is 0 Å². The molecule has 0 aliphatic heterocycles. The molecule has 0 fully saturated rings. The fourth-order valence-corrected chi connectivity index (χ4v) is 2.71. The topological polar surface area (TPSA) is 120 Å². The maximum absolute atomic E-state index is 12.2. The van der Waals surface area contributed by atoms with E-state index < -0.39 is 23.3 Å². The van der Waals surface area contributed by atoms with Crippen LogP contribution in [0.25, 0.3) is 11.3 Å². The van der Waals surface area contributed by atoms with E-state index in [9.17, 15) is 25.2 Å². The van der Waals surface area contributed by atoms with Crippen LogP contribution in [0.3, 0.4) is 0 Å². The molecule has 4 N–H and O–H groups in total. The molecular weight excluding hydrogens is 364 g/mol. The van der Waals surface area contributed by atoms with Gasteiger partial charge in [0.25, 0.3) is 0 Å². The standard InChI is InChI=1S/C21H28O7/c1-20(2,25)8-7-17(28-19(24)11-21(3,4)26)13-9-18(27-12-13)15-10-14(22)5-6-16(15)23/h5-6,9-10,12,17,22-23,25-26H,7-8,11H2,1-4H3. The van der Waals surface area contributed by atoms with Crippen molar-refractivity contribution in [1.29, 1.82) is 0 Å². The van der Waals surface area contributed by atoms with Crippen molar-refractivity contribution in [2.75, 3.05) is 0 Å². The van der Waals surface area contributed by atoms with Crippen LogP contribution in [0.2, 0.25) is 0 Å². The van der Waals surface area contributed by atoms with E-state index in [2.05, 4.69) is 0 Å². The van der Waals surface area contributed by atoms with Gasteiger partial charge in [-0.15, -0.1) is 0 Å². The Labute approximate surface area is 164 Å². The minimum absolute atomic E-state index is 0.0269. The van der Waals surface area contributed by atoms with Gasteiger partial charge >= 0.3 is 5.97 Å². The summed E-state index contributed by atoms with van der Waals surface area (Å²) in [5.41, 5.74) is -1.30. The van der Waals surface area contributed by atoms with E-state index in [0.29, 0.717) is 29.7 Å². The number of furan rings is 1. The van der Waals surface area contributed by atoms with Crippen LogP contribution in [0.4, 0.5) is 0 Å². The second-order valence-electron chi connectivity index (χ2n) is 8.26. The normalized spacial score (nSPS) is 13.4. The highest BCUT2D eigenvalue weighted by molar-refractivity contribution is 5.71. The van der Waals surface area contributed by atoms with Gasteiger partial charge in [0.05, 0.1) is 29.4 Å². The lowest BCUT2D eigenvalue weighted by atomic mass is 9.97. The Hall–Kier alpha value is -2.51. The zero-order chi connectivity index (χ0) is 21.1. The molecule has 0 aliphatic carbocycles. The molecule has 7 nitrogen and oxygen atoms in total. The predicted molar refractivity (Wildman–Crippen MR) is 103 cm³/mol. The number of carbonyl (C=O) groups excluding carboxylic acids is 1. The molecule has 0 saturated carbocycles. The number of benzene rings is 1. The van der Waals surface area contributed by atoms with Crippen LogP contribution in [-0.4, -0.2) is 37.6 Å². The smallest absolute Gasteiger partial charge is 0.309 e. The van der Waals surface area contributed by atoms with Gasteiger partial charge in [-0.3, -0.25) is 4.79 Å². The number of phenolic OH excluding ortho intramolecular Hbond substituents is 2. The second kappa shape index (κ2) is 8.24. The third-order valence-electron chi connectivity index (χ3n) is 4.11. The zero-order valence-corrected chi connectivity index (χ0v) is 16.6. The van der Waals surface area contributed by atoms with Crippen LogP contribution in [0, 0.1) is 0 Å². The van der Waals surface area contributed by atoms with Crippen LogP contribution in [0.1, 0.15) is 58.6 Å². The van der Waals surface area contributed by atoms with Gasteiger partial charge in [-0.25, -0.2) is 0 Å². The molecule has 0 spiro atoms. The molecule has 1 aromatic carbocycles. The molecule has 1 aromatic heterocycles. The van der Waals surface area contributed by atoms with Gasteiger partial charge < -0.3 is 29.6 Å². The lowest BCUT2D eigenvalue weighted by Crippen LogP contribution is -2.26. The summed E-state index contributed by atoms with van der Waals surface area (Å²) in [6, 6.07) is 5.68. The summed E-state index contributed by atoms with van der Waals surface area (Å²) in [6.07, 6.45) is 1.24. The third-order valence-corrected chi connectivity index (χ3v) is 4.11. The monoisotopic (exact) mass is 392 g/mol. The van der Waals surface area contributed by atoms with Gasteiger partial charge in [-0.1, -0.05) is 0 Å². The maximum atomic E-state index is 12.2. The molecule has 1 heterocycles. The quantitative estimate of drug-likeness (QED) is 0.400. The number of aliphatic hydroxyl groups is 2. The average molecular weight is 392 g/mol. The molecular formula is C21H28O7. The van der Waals surface area contributed by atoms with Gasteiger partial charge in [0.2, 0.25) is 0 Å². The summed E-state index contributed by atoms with van der Waals surface area (Å²) in [7, 11) is 0. The van der Waals surface area contributed by atoms with Crippen LogP contribution in [0.5, 0.6) is 11.5 Å². The Morgan fingerprint density at radius 2 is 1.79 bits per heavy atom. The van der Waals surface area contributed by atoms with Crippen LogP contribution in [-0.2, 0) is 9.53 Å². The lowest BCUT2D eigenvalue weighted by Gasteiger charge is -2.23. The maximum Gasteiger partial charge on any atom is 0.309 e. The summed E-state index contributed by atoms with van der Waals surface area (Å²) < 4.78 is 11.0. The largest absolute Gasteiger partial charge is 0.508 e. The molecule has 0 bridgehead atoms. The van der Waals surface area contributed by atoms with Crippen molar-refractivity contribution in [1.82, 2.24) is 0 Å². The van der Waals surface area contributed by atoms with E-state index in [1.165, 1.54) is 38.3 Å². The fourth-order valence-electron chi connectivity index (χ4n) is 2.71. The average Bonchev–Trinajstić information content (AvgIpc) is 3.00. The number of carbonyl (C=O) groups is 1. The number of hydrogen-bond donors (Lipinski definition) is 4. The Kier molecular flexibility index (Phi) is 6.41. The Morgan fingerprint density at radius 3 is 2.39 bits per heavy atom. The highest BCUT2D eigenvalue weighted by atomic mass is 16.5. The molecule has 1 atom stereocenters. The van der Waals surface area contributed by atoms with Crippen molar-refractivity contribution in [3.63, 3.8) is 0 Å². The van der Waals surface area contributed by atoms with Crippen molar-refractivity contribution < 1.29 is 34.4 Å². The number of ether oxygens (including phenoxy) is 1. The third kappa shape index (κ3) is 6.58. The SMILES string of the molecule is CC(C)(O)CCC(OC(=O)CC(C)(C)O)c1coc(-c2cc(O)ccc2O)c1. The second-order valence-corrected chi connectivity index (χ2v) is 8.26. The summed E-state index contributed by atoms with van der Waals surface area (Å²) >= 11 is 0. The first-order valence-corrected chi connectivity index (χ1v) is 9.09. The van der Waals surface area contributed by atoms with Crippen LogP contribution in [0.15, 0.2) is 34.9 Å². The first-order valence-electron chi connectivity index (χ1n) is 9.09. The van der Waals surface area contributed by atoms with E-state index in [0.717, 1.165) is 0 Å². The van der Waals surface area contributed by atoms with Crippen molar-refractivity contribution in [2.24, 2.45) is 0 Å². The number of hydrogen-bond acceptors (Lipinski definition) is 7. The molecule has 2 aromatic rings. The van der Waals surface area contributed by atoms with Crippen molar-refractivity contribution in [3.8, 4) is 22.8 Å². The number of phenols is 2. The van der Waals surface area contributed by atoms with E-state index in [-0.39, 0.29) is 17.9 Å². The van der Waals surface area contributed by atoms with Gasteiger partial charge in [0.1, 0.15) is 23.4 Å². The summed E-state index contributed by atoms with van der Waals surface area (Å²) in [4.78, 5) is 12.2. The summed E-state index contributed by atoms with van der Waals surface area (Å²) in [6.45, 7) is 6.35. The Morgan fingerprint density at radius 1 is 1.11 bits per heavy atom. The molecule has 0 amide bonds.